The lowest BCUT2D eigenvalue weighted by molar-refractivity contribution is -0.129. The molecule has 0 unspecified atom stereocenters. The summed E-state index contributed by atoms with van der Waals surface area (Å²) in [5.74, 6) is -0.796. The Hall–Kier alpha value is -3.65. The number of fused-ring (bicyclic) bond motifs is 1. The zero-order valence-electron chi connectivity index (χ0n) is 14.9. The number of rotatable bonds is 5. The molecule has 1 atom stereocenters. The molecule has 0 aliphatic carbocycles. The summed E-state index contributed by atoms with van der Waals surface area (Å²) in [6.45, 7) is 0. The molecule has 2 amide bonds. The van der Waals surface area contributed by atoms with Crippen LogP contribution in [0, 0.1) is 11.5 Å². The number of nitriles is 1. The highest BCUT2D eigenvalue weighted by Gasteiger charge is 2.25. The van der Waals surface area contributed by atoms with Crippen LogP contribution in [-0.4, -0.2) is 29.8 Å². The van der Waals surface area contributed by atoms with Crippen molar-refractivity contribution >= 4 is 22.6 Å². The molecular formula is C22H19N3O2. The van der Waals surface area contributed by atoms with Gasteiger partial charge in [0.1, 0.15) is 6.04 Å². The summed E-state index contributed by atoms with van der Waals surface area (Å²) in [5.41, 5.74) is 1.40. The lowest BCUT2D eigenvalue weighted by Gasteiger charge is -2.21. The zero-order valence-corrected chi connectivity index (χ0v) is 14.9. The van der Waals surface area contributed by atoms with E-state index >= 15 is 0 Å². The van der Waals surface area contributed by atoms with Crippen molar-refractivity contribution in [1.82, 2.24) is 10.2 Å². The second-order valence-corrected chi connectivity index (χ2v) is 6.23. The van der Waals surface area contributed by atoms with Crippen LogP contribution in [0.4, 0.5) is 0 Å². The molecular weight excluding hydrogens is 338 g/mol. The molecule has 27 heavy (non-hydrogen) atoms. The molecule has 3 aromatic carbocycles. The monoisotopic (exact) mass is 357 g/mol. The Morgan fingerprint density at radius 2 is 1.67 bits per heavy atom. The van der Waals surface area contributed by atoms with Crippen LogP contribution < -0.4 is 5.32 Å². The van der Waals surface area contributed by atoms with Gasteiger partial charge >= 0.3 is 0 Å². The zero-order chi connectivity index (χ0) is 19.2. The van der Waals surface area contributed by atoms with Gasteiger partial charge in [-0.1, -0.05) is 60.7 Å². The van der Waals surface area contributed by atoms with Gasteiger partial charge in [0.2, 0.25) is 0 Å². The number of nitrogens with one attached hydrogen (secondary N) is 1. The average Bonchev–Trinajstić information content (AvgIpc) is 2.73. The van der Waals surface area contributed by atoms with Crippen molar-refractivity contribution in [3.05, 3.63) is 83.9 Å². The number of amides is 2. The summed E-state index contributed by atoms with van der Waals surface area (Å²) < 4.78 is 0. The minimum atomic E-state index is -0.840. The summed E-state index contributed by atoms with van der Waals surface area (Å²) in [6, 6.07) is 21.6. The molecule has 1 N–H and O–H groups in total. The van der Waals surface area contributed by atoms with Crippen molar-refractivity contribution in [3.8, 4) is 6.19 Å². The summed E-state index contributed by atoms with van der Waals surface area (Å²) in [5, 5.41) is 13.9. The lowest BCUT2D eigenvalue weighted by Crippen LogP contribution is -2.47. The van der Waals surface area contributed by atoms with Crippen molar-refractivity contribution in [2.45, 2.75) is 12.5 Å². The smallest absolute Gasteiger partial charge is 0.258 e. The average molecular weight is 357 g/mol. The first-order valence-corrected chi connectivity index (χ1v) is 8.60. The van der Waals surface area contributed by atoms with Gasteiger partial charge in [-0.3, -0.25) is 14.5 Å². The second kappa shape index (κ2) is 8.15. The largest absolute Gasteiger partial charge is 0.340 e. The van der Waals surface area contributed by atoms with Crippen LogP contribution in [0.15, 0.2) is 72.8 Å². The molecule has 0 aromatic heterocycles. The molecule has 3 rings (SSSR count). The molecule has 5 nitrogen and oxygen atoms in total. The molecule has 0 saturated carbocycles. The van der Waals surface area contributed by atoms with E-state index in [2.05, 4.69) is 5.32 Å². The van der Waals surface area contributed by atoms with E-state index in [0.717, 1.165) is 21.2 Å². The molecule has 0 spiro atoms. The minimum absolute atomic E-state index is 0.296. The summed E-state index contributed by atoms with van der Waals surface area (Å²) >= 11 is 0. The van der Waals surface area contributed by atoms with Crippen molar-refractivity contribution in [2.75, 3.05) is 7.05 Å². The fourth-order valence-corrected chi connectivity index (χ4v) is 3.00. The number of hydrogen-bond donors (Lipinski definition) is 1. The van der Waals surface area contributed by atoms with Gasteiger partial charge in [-0.2, -0.15) is 5.26 Å². The summed E-state index contributed by atoms with van der Waals surface area (Å²) in [7, 11) is 1.40. The van der Waals surface area contributed by atoms with Gasteiger partial charge in [0.25, 0.3) is 11.8 Å². The number of carbonyl (C=O) groups excluding carboxylic acids is 2. The van der Waals surface area contributed by atoms with E-state index in [1.165, 1.54) is 7.05 Å². The summed E-state index contributed by atoms with van der Waals surface area (Å²) in [6.07, 6.45) is 2.11. The lowest BCUT2D eigenvalue weighted by atomic mass is 9.98. The number of likely N-dealkylation sites (N-methyl/N-ethyl adjacent to an activating group) is 1. The Labute approximate surface area is 157 Å². The van der Waals surface area contributed by atoms with Crippen LogP contribution in [0.5, 0.6) is 0 Å². The van der Waals surface area contributed by atoms with E-state index in [-0.39, 0.29) is 5.91 Å². The van der Waals surface area contributed by atoms with Crippen LogP contribution in [0.25, 0.3) is 10.8 Å². The Balaban J connectivity index is 1.91. The van der Waals surface area contributed by atoms with Gasteiger partial charge < -0.3 is 5.32 Å². The van der Waals surface area contributed by atoms with Crippen LogP contribution >= 0.6 is 0 Å². The van der Waals surface area contributed by atoms with Crippen LogP contribution in [0.3, 0.4) is 0 Å². The topological polar surface area (TPSA) is 73.2 Å². The molecule has 0 bridgehead atoms. The highest BCUT2D eigenvalue weighted by Crippen LogP contribution is 2.20. The van der Waals surface area contributed by atoms with Crippen LogP contribution in [0.2, 0.25) is 0 Å². The molecule has 0 saturated heterocycles. The fraction of sp³-hybridized carbons (Fsp3) is 0.136. The van der Waals surface area contributed by atoms with E-state index in [9.17, 15) is 9.59 Å². The van der Waals surface area contributed by atoms with Crippen molar-refractivity contribution in [2.24, 2.45) is 0 Å². The quantitative estimate of drug-likeness (QED) is 0.563. The van der Waals surface area contributed by atoms with Gasteiger partial charge in [0, 0.05) is 19.0 Å². The number of benzene rings is 3. The molecule has 0 aliphatic rings. The van der Waals surface area contributed by atoms with Gasteiger partial charge in [-0.15, -0.1) is 0 Å². The third-order valence-corrected chi connectivity index (χ3v) is 4.42. The van der Waals surface area contributed by atoms with Crippen molar-refractivity contribution in [3.63, 3.8) is 0 Å². The van der Waals surface area contributed by atoms with Gasteiger partial charge in [0.05, 0.1) is 0 Å². The maximum absolute atomic E-state index is 12.7. The van der Waals surface area contributed by atoms with Gasteiger partial charge in [-0.25, -0.2) is 0 Å². The first-order chi connectivity index (χ1) is 13.1. The van der Waals surface area contributed by atoms with Gasteiger partial charge in [-0.05, 0) is 28.5 Å². The summed E-state index contributed by atoms with van der Waals surface area (Å²) in [4.78, 5) is 26.2. The molecule has 134 valence electrons. The second-order valence-electron chi connectivity index (χ2n) is 6.23. The molecule has 0 aliphatic heterocycles. The number of hydrogen-bond acceptors (Lipinski definition) is 3. The van der Waals surface area contributed by atoms with E-state index in [4.69, 9.17) is 5.26 Å². The highest BCUT2D eigenvalue weighted by atomic mass is 16.2. The van der Waals surface area contributed by atoms with E-state index < -0.39 is 11.9 Å². The fourth-order valence-electron chi connectivity index (χ4n) is 3.00. The maximum Gasteiger partial charge on any atom is 0.258 e. The van der Waals surface area contributed by atoms with Crippen molar-refractivity contribution in [1.29, 1.82) is 5.26 Å². The standard InChI is InChI=1S/C22H19N3O2/c1-25(15-23)22(27)20(24-21(26)17-9-3-2-4-10-17)14-18-12-7-11-16-8-5-6-13-19(16)18/h2-13,20H,14H2,1H3,(H,24,26)/t20-/m0/s1. The Bertz CT molecular complexity index is 1000. The maximum atomic E-state index is 12.7. The number of carbonyl (C=O) groups is 2. The van der Waals surface area contributed by atoms with E-state index in [0.29, 0.717) is 12.0 Å². The molecule has 0 radical (unpaired) electrons. The normalized spacial score (nSPS) is 11.4. The molecule has 3 aromatic rings. The van der Waals surface area contributed by atoms with Crippen LogP contribution in [-0.2, 0) is 11.2 Å². The van der Waals surface area contributed by atoms with Crippen LogP contribution in [0.1, 0.15) is 15.9 Å². The molecule has 5 heteroatoms. The SMILES string of the molecule is CN(C#N)C(=O)[C@H](Cc1cccc2ccccc12)NC(=O)c1ccccc1. The third-order valence-electron chi connectivity index (χ3n) is 4.42. The first-order valence-electron chi connectivity index (χ1n) is 8.60. The van der Waals surface area contributed by atoms with Gasteiger partial charge in [0.15, 0.2) is 6.19 Å². The predicted molar refractivity (Wildman–Crippen MR) is 104 cm³/mol. The van der Waals surface area contributed by atoms with Crippen molar-refractivity contribution < 1.29 is 9.59 Å². The first kappa shape index (κ1) is 18.2. The highest BCUT2D eigenvalue weighted by molar-refractivity contribution is 5.98. The molecule has 0 fully saturated rings. The number of nitrogens with zero attached hydrogens (tertiary/aromatic N) is 2. The molecule has 0 heterocycles. The third kappa shape index (κ3) is 4.13. The Kier molecular flexibility index (Phi) is 5.48. The van der Waals surface area contributed by atoms with E-state index in [1.807, 2.05) is 54.7 Å². The minimum Gasteiger partial charge on any atom is -0.340 e. The predicted octanol–water partition coefficient (Wildman–Crippen LogP) is 3.12. The van der Waals surface area contributed by atoms with E-state index in [1.54, 1.807) is 24.3 Å². The Morgan fingerprint density at radius 3 is 2.41 bits per heavy atom. The Morgan fingerprint density at radius 1 is 1.00 bits per heavy atom.